The maximum atomic E-state index is 11.9. The fourth-order valence-electron chi connectivity index (χ4n) is 4.95. The fourth-order valence-corrected chi connectivity index (χ4v) is 4.95. The zero-order valence-electron chi connectivity index (χ0n) is 22.7. The van der Waals surface area contributed by atoms with Crippen molar-refractivity contribution in [2.24, 2.45) is 0 Å². The molecule has 3 aromatic rings. The van der Waals surface area contributed by atoms with E-state index in [0.717, 1.165) is 41.5 Å². The highest BCUT2D eigenvalue weighted by Gasteiger charge is 2.61. The summed E-state index contributed by atoms with van der Waals surface area (Å²) in [6.07, 6.45) is -1.25. The van der Waals surface area contributed by atoms with E-state index in [2.05, 4.69) is 0 Å². The zero-order chi connectivity index (χ0) is 28.2. The van der Waals surface area contributed by atoms with Gasteiger partial charge in [-0.25, -0.2) is 0 Å². The molecule has 0 spiro atoms. The van der Waals surface area contributed by atoms with Crippen molar-refractivity contribution < 1.29 is 30.3 Å². The molecule has 3 aromatic carbocycles. The van der Waals surface area contributed by atoms with E-state index in [9.17, 15) is 25.5 Å². The monoisotopic (exact) mass is 530 g/mol. The van der Waals surface area contributed by atoms with Gasteiger partial charge in [-0.3, -0.25) is 0 Å². The van der Waals surface area contributed by atoms with Crippen LogP contribution in [0.1, 0.15) is 60.3 Å². The van der Waals surface area contributed by atoms with Gasteiger partial charge in [0.25, 0.3) is 0 Å². The van der Waals surface area contributed by atoms with Crippen molar-refractivity contribution in [3.8, 4) is 0 Å². The summed E-state index contributed by atoms with van der Waals surface area (Å²) in [6.45, 7) is 6.06. The largest absolute Gasteiger partial charge is 0.509 e. The summed E-state index contributed by atoms with van der Waals surface area (Å²) in [5, 5.41) is 55.8. The molecule has 6 heteroatoms. The molecule has 5 N–H and O–H groups in total. The maximum Gasteiger partial charge on any atom is 0.191 e. The zero-order valence-corrected chi connectivity index (χ0v) is 22.7. The molecule has 39 heavy (non-hydrogen) atoms. The fraction of sp³-hybridized carbons (Fsp3) is 0.333. The highest BCUT2D eigenvalue weighted by molar-refractivity contribution is 5.58. The second-order valence-corrected chi connectivity index (χ2v) is 10.1. The van der Waals surface area contributed by atoms with Gasteiger partial charge in [-0.1, -0.05) is 93.6 Å². The van der Waals surface area contributed by atoms with Crippen molar-refractivity contribution in [2.45, 2.75) is 70.1 Å². The molecule has 1 fully saturated rings. The van der Waals surface area contributed by atoms with E-state index < -0.39 is 35.8 Å². The van der Waals surface area contributed by atoms with E-state index in [0.29, 0.717) is 11.1 Å². The third kappa shape index (κ3) is 5.94. The predicted octanol–water partition coefficient (Wildman–Crippen LogP) is 4.90. The molecule has 1 heterocycles. The van der Waals surface area contributed by atoms with Crippen LogP contribution in [0.5, 0.6) is 0 Å². The second-order valence-electron chi connectivity index (χ2n) is 10.1. The van der Waals surface area contributed by atoms with Crippen LogP contribution in [0.3, 0.4) is 0 Å². The predicted molar refractivity (Wildman–Crippen MR) is 153 cm³/mol. The van der Waals surface area contributed by atoms with Crippen LogP contribution in [0.2, 0.25) is 0 Å². The first-order valence-corrected chi connectivity index (χ1v) is 13.5. The topological polar surface area (TPSA) is 110 Å². The van der Waals surface area contributed by atoms with Crippen LogP contribution in [-0.2, 0) is 24.0 Å². The van der Waals surface area contributed by atoms with Gasteiger partial charge >= 0.3 is 0 Å². The lowest BCUT2D eigenvalue weighted by molar-refractivity contribution is -0.253. The van der Waals surface area contributed by atoms with Crippen LogP contribution in [0.4, 0.5) is 0 Å². The first kappa shape index (κ1) is 28.6. The van der Waals surface area contributed by atoms with E-state index in [1.54, 1.807) is 18.2 Å². The Kier molecular flexibility index (Phi) is 8.93. The number of ether oxygens (including phenoxy) is 1. The van der Waals surface area contributed by atoms with Crippen molar-refractivity contribution in [1.82, 2.24) is 0 Å². The molecule has 1 saturated heterocycles. The van der Waals surface area contributed by atoms with Crippen LogP contribution < -0.4 is 0 Å². The van der Waals surface area contributed by atoms with Crippen LogP contribution in [-0.4, -0.2) is 49.4 Å². The Hall–Kier alpha value is -3.42. The minimum absolute atomic E-state index is 0.0699. The lowest BCUT2D eigenvalue weighted by Crippen LogP contribution is -2.63. The Bertz CT molecular complexity index is 1350. The normalized spacial score (nSPS) is 22.6. The standard InChI is InChI=1S/C33H38O6/c1-4-21-10-7-13-24(16-21)19-27(34)29(35)30(36)31(37)33(38)28(20-25-14-8-11-22(5-2)17-25)39-32(33)26-15-9-12-23(6-3)18-26/h7-20,29-32,34-38H,4-6H2,1-3H3/t29-,30-,31+,32?,33+/m1/s1. The van der Waals surface area contributed by atoms with E-state index >= 15 is 0 Å². The van der Waals surface area contributed by atoms with E-state index in [1.807, 2.05) is 81.4 Å². The van der Waals surface area contributed by atoms with Crippen LogP contribution >= 0.6 is 0 Å². The van der Waals surface area contributed by atoms with Crippen LogP contribution in [0.25, 0.3) is 12.2 Å². The molecule has 5 atom stereocenters. The number of hydrogen-bond donors (Lipinski definition) is 5. The smallest absolute Gasteiger partial charge is 0.191 e. The molecule has 6 nitrogen and oxygen atoms in total. The SMILES string of the molecule is CCc1cccc(C=C(O)[C@@H](O)[C@@H](O)[C@H](O)[C@@]2(O)C(=Cc3cccc(CC)c3)OC2c2cccc(CC)c2)c1. The Morgan fingerprint density at radius 2 is 1.36 bits per heavy atom. The van der Waals surface area contributed by atoms with Crippen molar-refractivity contribution in [3.63, 3.8) is 0 Å². The number of aryl methyl sites for hydroxylation is 3. The average Bonchev–Trinajstić information content (AvgIpc) is 2.97. The number of hydrogen-bond acceptors (Lipinski definition) is 6. The molecule has 0 aliphatic carbocycles. The van der Waals surface area contributed by atoms with Crippen LogP contribution in [0, 0.1) is 0 Å². The summed E-state index contributed by atoms with van der Waals surface area (Å²) in [5.41, 5.74) is 3.15. The van der Waals surface area contributed by atoms with Crippen molar-refractivity contribution in [3.05, 3.63) is 118 Å². The molecule has 0 radical (unpaired) electrons. The molecule has 0 aromatic heterocycles. The quantitative estimate of drug-likeness (QED) is 0.239. The van der Waals surface area contributed by atoms with Gasteiger partial charge in [-0.05, 0) is 64.8 Å². The van der Waals surface area contributed by atoms with Gasteiger partial charge in [0, 0.05) is 0 Å². The molecular weight excluding hydrogens is 492 g/mol. The Balaban J connectivity index is 1.68. The summed E-state index contributed by atoms with van der Waals surface area (Å²) in [6, 6.07) is 22.6. The highest BCUT2D eigenvalue weighted by Crippen LogP contribution is 2.51. The number of rotatable bonds is 10. The van der Waals surface area contributed by atoms with Gasteiger partial charge in [0.2, 0.25) is 0 Å². The lowest BCUT2D eigenvalue weighted by atomic mass is 9.75. The Labute approximate surface area is 230 Å². The molecule has 0 bridgehead atoms. The molecular formula is C33H38O6. The molecule has 0 amide bonds. The van der Waals surface area contributed by atoms with Gasteiger partial charge in [0.1, 0.15) is 29.8 Å². The summed E-state index contributed by atoms with van der Waals surface area (Å²) < 4.78 is 6.03. The number of aliphatic hydroxyl groups is 5. The third-order valence-electron chi connectivity index (χ3n) is 7.43. The first-order chi connectivity index (χ1) is 18.7. The summed E-state index contributed by atoms with van der Waals surface area (Å²) in [5.74, 6) is -0.454. The molecule has 0 saturated carbocycles. The Morgan fingerprint density at radius 3 is 1.97 bits per heavy atom. The molecule has 1 aliphatic rings. The van der Waals surface area contributed by atoms with Crippen molar-refractivity contribution >= 4 is 12.2 Å². The second kappa shape index (κ2) is 12.2. The number of aliphatic hydroxyl groups excluding tert-OH is 4. The average molecular weight is 531 g/mol. The lowest BCUT2D eigenvalue weighted by Gasteiger charge is -2.51. The Morgan fingerprint density at radius 1 is 0.821 bits per heavy atom. The third-order valence-corrected chi connectivity index (χ3v) is 7.43. The minimum atomic E-state index is -2.06. The molecule has 1 aliphatic heterocycles. The summed E-state index contributed by atoms with van der Waals surface area (Å²) in [4.78, 5) is 0. The van der Waals surface area contributed by atoms with Gasteiger partial charge in [-0.2, -0.15) is 0 Å². The number of benzene rings is 3. The molecule has 206 valence electrons. The van der Waals surface area contributed by atoms with Gasteiger partial charge in [0.15, 0.2) is 11.7 Å². The minimum Gasteiger partial charge on any atom is -0.509 e. The van der Waals surface area contributed by atoms with Gasteiger partial charge in [-0.15, -0.1) is 0 Å². The van der Waals surface area contributed by atoms with E-state index in [-0.39, 0.29) is 5.76 Å². The first-order valence-electron chi connectivity index (χ1n) is 13.5. The van der Waals surface area contributed by atoms with Crippen LogP contribution in [0.15, 0.2) is 84.3 Å². The van der Waals surface area contributed by atoms with Gasteiger partial charge in [0.05, 0.1) is 0 Å². The van der Waals surface area contributed by atoms with E-state index in [1.165, 1.54) is 6.08 Å². The molecule has 4 rings (SSSR count). The summed E-state index contributed by atoms with van der Waals surface area (Å²) >= 11 is 0. The maximum absolute atomic E-state index is 11.9. The van der Waals surface area contributed by atoms with Crippen molar-refractivity contribution in [1.29, 1.82) is 0 Å². The summed E-state index contributed by atoms with van der Waals surface area (Å²) in [7, 11) is 0. The molecule has 1 unspecified atom stereocenters. The van der Waals surface area contributed by atoms with Gasteiger partial charge < -0.3 is 30.3 Å². The van der Waals surface area contributed by atoms with Crippen molar-refractivity contribution in [2.75, 3.05) is 0 Å². The highest BCUT2D eigenvalue weighted by atomic mass is 16.6. The van der Waals surface area contributed by atoms with E-state index in [4.69, 9.17) is 4.74 Å².